The van der Waals surface area contributed by atoms with Gasteiger partial charge in [-0.05, 0) is 39.2 Å². The minimum Gasteiger partial charge on any atom is -0.468 e. The lowest BCUT2D eigenvalue weighted by Crippen LogP contribution is -2.41. The number of amides is 1. The molecule has 0 spiro atoms. The van der Waals surface area contributed by atoms with Gasteiger partial charge in [0.2, 0.25) is 0 Å². The van der Waals surface area contributed by atoms with Crippen molar-refractivity contribution < 1.29 is 23.9 Å². The van der Waals surface area contributed by atoms with Gasteiger partial charge >= 0.3 is 13.2 Å². The molecule has 0 aliphatic carbocycles. The van der Waals surface area contributed by atoms with Crippen molar-refractivity contribution in [2.75, 3.05) is 7.05 Å². The second-order valence-corrected chi connectivity index (χ2v) is 7.66. The summed E-state index contributed by atoms with van der Waals surface area (Å²) in [6.45, 7) is 7.96. The van der Waals surface area contributed by atoms with Crippen LogP contribution in [0.1, 0.15) is 33.3 Å². The molecule has 1 amide bonds. The minimum absolute atomic E-state index is 0.429. The van der Waals surface area contributed by atoms with Gasteiger partial charge in [-0.3, -0.25) is 4.90 Å². The lowest BCUT2D eigenvalue weighted by Gasteiger charge is -2.32. The highest BCUT2D eigenvalue weighted by molar-refractivity contribution is 6.62. The van der Waals surface area contributed by atoms with E-state index in [1.165, 1.54) is 7.05 Å². The van der Waals surface area contributed by atoms with Crippen molar-refractivity contribution in [2.24, 2.45) is 0 Å². The van der Waals surface area contributed by atoms with Gasteiger partial charge in [-0.1, -0.05) is 17.7 Å². The van der Waals surface area contributed by atoms with Crippen LogP contribution in [0.3, 0.4) is 0 Å². The molecule has 0 bridgehead atoms. The van der Waals surface area contributed by atoms with Crippen LogP contribution in [0.5, 0.6) is 5.75 Å². The van der Waals surface area contributed by atoms with E-state index in [4.69, 9.17) is 30.8 Å². The van der Waals surface area contributed by atoms with Crippen molar-refractivity contribution >= 4 is 30.3 Å². The Hall–Kier alpha value is -1.44. The Kier molecular flexibility index (Phi) is 4.02. The van der Waals surface area contributed by atoms with Crippen molar-refractivity contribution in [3.8, 4) is 5.75 Å². The van der Waals surface area contributed by atoms with E-state index in [1.807, 2.05) is 33.8 Å². The Bertz CT molecular complexity index is 677. The molecule has 0 saturated carbocycles. The zero-order valence-corrected chi connectivity index (χ0v) is 15.2. The molecule has 6 nitrogen and oxygen atoms in total. The number of rotatable bonds is 2. The average Bonchev–Trinajstić information content (AvgIpc) is 2.97. The van der Waals surface area contributed by atoms with E-state index in [1.54, 1.807) is 6.07 Å². The van der Waals surface area contributed by atoms with Gasteiger partial charge in [0.05, 0.1) is 16.2 Å². The van der Waals surface area contributed by atoms with E-state index >= 15 is 0 Å². The molecular weight excluding hydrogens is 332 g/mol. The number of hydrogen-bond donors (Lipinski definition) is 1. The predicted octanol–water partition coefficient (Wildman–Crippen LogP) is 2.51. The van der Waals surface area contributed by atoms with Crippen molar-refractivity contribution in [3.63, 3.8) is 0 Å². The van der Waals surface area contributed by atoms with Crippen LogP contribution in [0.4, 0.5) is 4.79 Å². The molecule has 0 aromatic heterocycles. The van der Waals surface area contributed by atoms with Crippen LogP contribution < -0.4 is 10.2 Å². The summed E-state index contributed by atoms with van der Waals surface area (Å²) in [5.74, 6) is 0.523. The number of hydrogen-bond acceptors (Lipinski definition) is 4. The number of likely N-dealkylation sites (N-methyl/N-ethyl adjacent to an activating group) is 1. The summed E-state index contributed by atoms with van der Waals surface area (Å²) >= 11 is 6.34. The smallest absolute Gasteiger partial charge is 0.468 e. The topological polar surface area (TPSA) is 68.2 Å². The summed E-state index contributed by atoms with van der Waals surface area (Å²) in [4.78, 5) is 12.2. The van der Waals surface area contributed by atoms with Crippen LogP contribution in [0.2, 0.25) is 5.02 Å². The molecule has 8 heteroatoms. The maximum Gasteiger partial charge on any atom is 0.494 e. The maximum atomic E-state index is 11.1. The number of nitrogens with zero attached hydrogens (tertiary/aromatic N) is 1. The third-order valence-electron chi connectivity index (χ3n) is 5.05. The van der Waals surface area contributed by atoms with E-state index in [-0.39, 0.29) is 0 Å². The molecule has 0 radical (unpaired) electrons. The van der Waals surface area contributed by atoms with E-state index in [9.17, 15) is 4.79 Å². The molecule has 1 aromatic carbocycles. The van der Waals surface area contributed by atoms with Crippen LogP contribution in [0, 0.1) is 0 Å². The molecule has 24 heavy (non-hydrogen) atoms. The second kappa shape index (κ2) is 5.54. The van der Waals surface area contributed by atoms with Gasteiger partial charge in [0.1, 0.15) is 5.75 Å². The van der Waals surface area contributed by atoms with Crippen molar-refractivity contribution in [2.45, 2.75) is 51.5 Å². The van der Waals surface area contributed by atoms with E-state index in [0.717, 1.165) is 15.9 Å². The minimum atomic E-state index is -1.05. The molecule has 1 fully saturated rings. The number of ether oxygens (including phenoxy) is 1. The summed E-state index contributed by atoms with van der Waals surface area (Å²) in [6, 6.07) is 3.67. The van der Waals surface area contributed by atoms with Gasteiger partial charge in [0, 0.05) is 19.0 Å². The number of fused-ring (bicyclic) bond motifs is 1. The first kappa shape index (κ1) is 17.4. The molecular formula is C16H21BClNO5. The standard InChI is InChI=1S/C16H21BClNO5/c1-15(2)16(3,4)24-17(23-15)10-6-9-7-12(19(5)14(20)21)22-13(9)11(18)8-10/h6,8,12H,7H2,1-5H3,(H,20,21). The molecule has 1 atom stereocenters. The van der Waals surface area contributed by atoms with Crippen molar-refractivity contribution in [3.05, 3.63) is 22.7 Å². The first-order chi connectivity index (χ1) is 11.0. The first-order valence-electron chi connectivity index (χ1n) is 7.82. The van der Waals surface area contributed by atoms with Gasteiger partial charge in [-0.15, -0.1) is 0 Å². The molecule has 2 heterocycles. The molecule has 3 rings (SSSR count). The highest BCUT2D eigenvalue weighted by Crippen LogP contribution is 2.39. The quantitative estimate of drug-likeness (QED) is 0.828. The largest absolute Gasteiger partial charge is 0.494 e. The van der Waals surface area contributed by atoms with Gasteiger partial charge in [-0.25, -0.2) is 4.79 Å². The lowest BCUT2D eigenvalue weighted by molar-refractivity contribution is 0.00578. The Morgan fingerprint density at radius 3 is 2.42 bits per heavy atom. The Morgan fingerprint density at radius 2 is 1.88 bits per heavy atom. The monoisotopic (exact) mass is 353 g/mol. The van der Waals surface area contributed by atoms with Crippen molar-refractivity contribution in [1.82, 2.24) is 4.90 Å². The van der Waals surface area contributed by atoms with Gasteiger partial charge < -0.3 is 19.2 Å². The summed E-state index contributed by atoms with van der Waals surface area (Å²) < 4.78 is 17.8. The number of carbonyl (C=O) groups is 1. The average molecular weight is 354 g/mol. The highest BCUT2D eigenvalue weighted by atomic mass is 35.5. The van der Waals surface area contributed by atoms with Gasteiger partial charge in [-0.2, -0.15) is 0 Å². The fourth-order valence-electron chi connectivity index (χ4n) is 2.78. The first-order valence-corrected chi connectivity index (χ1v) is 8.20. The van der Waals surface area contributed by atoms with E-state index in [0.29, 0.717) is 17.2 Å². The lowest BCUT2D eigenvalue weighted by atomic mass is 9.78. The number of benzene rings is 1. The zero-order valence-electron chi connectivity index (χ0n) is 14.4. The van der Waals surface area contributed by atoms with Gasteiger partial charge in [0.25, 0.3) is 0 Å². The van der Waals surface area contributed by atoms with Crippen LogP contribution in [0.15, 0.2) is 12.1 Å². The van der Waals surface area contributed by atoms with Crippen LogP contribution in [-0.2, 0) is 15.7 Å². The molecule has 1 saturated heterocycles. The molecule has 1 N–H and O–H groups in total. The second-order valence-electron chi connectivity index (χ2n) is 7.25. The van der Waals surface area contributed by atoms with E-state index < -0.39 is 30.6 Å². The number of halogens is 1. The summed E-state index contributed by atoms with van der Waals surface area (Å²) in [6.07, 6.45) is -1.19. The normalized spacial score (nSPS) is 23.8. The molecule has 1 unspecified atom stereocenters. The van der Waals surface area contributed by atoms with Gasteiger partial charge in [0.15, 0.2) is 6.23 Å². The zero-order chi connectivity index (χ0) is 17.9. The Labute approximate surface area is 146 Å². The third kappa shape index (κ3) is 2.74. The summed E-state index contributed by atoms with van der Waals surface area (Å²) in [7, 11) is 0.955. The SMILES string of the molecule is CN(C(=O)O)C1Cc2cc(B3OC(C)(C)C(C)(C)O3)cc(Cl)c2O1. The third-order valence-corrected chi connectivity index (χ3v) is 5.33. The highest BCUT2D eigenvalue weighted by Gasteiger charge is 2.52. The maximum absolute atomic E-state index is 11.1. The molecule has 2 aliphatic heterocycles. The Morgan fingerprint density at radius 1 is 1.29 bits per heavy atom. The Balaban J connectivity index is 1.87. The number of carboxylic acid groups (broad SMARTS) is 1. The summed E-state index contributed by atoms with van der Waals surface area (Å²) in [5.41, 5.74) is 0.780. The van der Waals surface area contributed by atoms with Crippen LogP contribution in [-0.4, -0.2) is 47.7 Å². The van der Waals surface area contributed by atoms with Crippen LogP contribution >= 0.6 is 11.6 Å². The predicted molar refractivity (Wildman–Crippen MR) is 91.1 cm³/mol. The molecule has 130 valence electrons. The molecule has 1 aromatic rings. The summed E-state index contributed by atoms with van der Waals surface area (Å²) in [5, 5.41) is 9.54. The van der Waals surface area contributed by atoms with Crippen molar-refractivity contribution in [1.29, 1.82) is 0 Å². The van der Waals surface area contributed by atoms with E-state index in [2.05, 4.69) is 0 Å². The fraction of sp³-hybridized carbons (Fsp3) is 0.562. The fourth-order valence-corrected chi connectivity index (χ4v) is 3.07. The molecule has 2 aliphatic rings. The van der Waals surface area contributed by atoms with Crippen LogP contribution in [0.25, 0.3) is 0 Å².